The number of nitrogens with one attached hydrogen (secondary N) is 1. The number of aromatic nitrogens is 1. The molecular weight excluding hydrogens is 236 g/mol. The van der Waals surface area contributed by atoms with E-state index in [-0.39, 0.29) is 0 Å². The summed E-state index contributed by atoms with van der Waals surface area (Å²) in [6.07, 6.45) is 1.89. The van der Waals surface area contributed by atoms with E-state index < -0.39 is 5.91 Å². The minimum Gasteiger partial charge on any atom is -0.366 e. The lowest BCUT2D eigenvalue weighted by molar-refractivity contribution is 0.100. The number of aromatic amines is 1. The van der Waals surface area contributed by atoms with Crippen molar-refractivity contribution in [3.63, 3.8) is 0 Å². The first-order valence-corrected chi connectivity index (χ1v) is 6.14. The van der Waals surface area contributed by atoms with Crippen molar-refractivity contribution in [2.24, 2.45) is 5.73 Å². The number of aryl methyl sites for hydroxylation is 1. The van der Waals surface area contributed by atoms with E-state index in [1.165, 1.54) is 0 Å². The molecule has 3 N–H and O–H groups in total. The van der Waals surface area contributed by atoms with Gasteiger partial charge in [0.05, 0.1) is 11.1 Å². The van der Waals surface area contributed by atoms with Crippen molar-refractivity contribution in [3.05, 3.63) is 59.8 Å². The highest BCUT2D eigenvalue weighted by Gasteiger charge is 2.12. The maximum atomic E-state index is 11.6. The molecule has 0 atom stereocenters. The number of hydrogen-bond acceptors (Lipinski definition) is 1. The van der Waals surface area contributed by atoms with Gasteiger partial charge in [-0.25, -0.2) is 0 Å². The van der Waals surface area contributed by atoms with Crippen LogP contribution in [0.25, 0.3) is 22.0 Å². The molecule has 3 aromatic rings. The molecule has 1 aromatic heterocycles. The number of carbonyl (C=O) groups excluding carboxylic acids is 1. The van der Waals surface area contributed by atoms with Crippen LogP contribution in [-0.2, 0) is 0 Å². The van der Waals surface area contributed by atoms with E-state index in [1.807, 2.05) is 49.5 Å². The van der Waals surface area contributed by atoms with Crippen LogP contribution in [0.5, 0.6) is 0 Å². The van der Waals surface area contributed by atoms with Crippen LogP contribution in [0.3, 0.4) is 0 Å². The van der Waals surface area contributed by atoms with Crippen molar-refractivity contribution in [1.29, 1.82) is 0 Å². The van der Waals surface area contributed by atoms with E-state index in [0.717, 1.165) is 27.6 Å². The van der Waals surface area contributed by atoms with E-state index in [9.17, 15) is 4.79 Å². The summed E-state index contributed by atoms with van der Waals surface area (Å²) in [6.45, 7) is 2.01. The van der Waals surface area contributed by atoms with Crippen molar-refractivity contribution < 1.29 is 4.79 Å². The highest BCUT2D eigenvalue weighted by molar-refractivity contribution is 6.07. The number of hydrogen-bond donors (Lipinski definition) is 2. The van der Waals surface area contributed by atoms with Crippen molar-refractivity contribution in [2.45, 2.75) is 6.92 Å². The Labute approximate surface area is 111 Å². The molecule has 0 aliphatic heterocycles. The second-order valence-corrected chi connectivity index (χ2v) is 4.65. The Balaban J connectivity index is 2.33. The van der Waals surface area contributed by atoms with Gasteiger partial charge in [-0.3, -0.25) is 4.79 Å². The number of H-pyrrole nitrogens is 1. The maximum Gasteiger partial charge on any atom is 0.250 e. The van der Waals surface area contributed by atoms with Gasteiger partial charge < -0.3 is 10.7 Å². The van der Waals surface area contributed by atoms with Crippen molar-refractivity contribution >= 4 is 16.8 Å². The number of rotatable bonds is 2. The summed E-state index contributed by atoms with van der Waals surface area (Å²) in [5.74, 6) is -0.412. The number of fused-ring (bicyclic) bond motifs is 1. The molecule has 0 aliphatic rings. The van der Waals surface area contributed by atoms with Gasteiger partial charge in [-0.1, -0.05) is 30.3 Å². The summed E-state index contributed by atoms with van der Waals surface area (Å²) in [6, 6.07) is 13.9. The molecule has 0 aliphatic carbocycles. The second-order valence-electron chi connectivity index (χ2n) is 4.65. The molecule has 3 nitrogen and oxygen atoms in total. The number of primary amides is 1. The topological polar surface area (TPSA) is 58.9 Å². The molecule has 0 fully saturated rings. The number of nitrogens with two attached hydrogens (primary N) is 1. The molecule has 2 aromatic carbocycles. The zero-order valence-electron chi connectivity index (χ0n) is 10.6. The Kier molecular flexibility index (Phi) is 2.60. The molecule has 1 heterocycles. The second kappa shape index (κ2) is 4.28. The van der Waals surface area contributed by atoms with Crippen LogP contribution in [-0.4, -0.2) is 10.9 Å². The third-order valence-corrected chi connectivity index (χ3v) is 3.37. The third kappa shape index (κ3) is 1.89. The normalized spacial score (nSPS) is 10.8. The minimum absolute atomic E-state index is 0.412. The van der Waals surface area contributed by atoms with E-state index in [0.29, 0.717) is 5.56 Å². The standard InChI is InChI=1S/C16H14N2O/c1-10-9-18-15-13(10)7-12(8-14(15)16(17)19)11-5-3-2-4-6-11/h2-9,18H,1H3,(H2,17,19). The van der Waals surface area contributed by atoms with E-state index in [2.05, 4.69) is 11.1 Å². The zero-order chi connectivity index (χ0) is 13.4. The first kappa shape index (κ1) is 11.5. The molecule has 3 heteroatoms. The predicted octanol–water partition coefficient (Wildman–Crippen LogP) is 3.24. The van der Waals surface area contributed by atoms with Crippen LogP contribution in [0.4, 0.5) is 0 Å². The van der Waals surface area contributed by atoms with Gasteiger partial charge in [-0.15, -0.1) is 0 Å². The fraction of sp³-hybridized carbons (Fsp3) is 0.0625. The van der Waals surface area contributed by atoms with Gasteiger partial charge in [0, 0.05) is 11.6 Å². The molecular formula is C16H14N2O. The lowest BCUT2D eigenvalue weighted by Crippen LogP contribution is -2.11. The Morgan fingerprint density at radius 3 is 2.53 bits per heavy atom. The van der Waals surface area contributed by atoms with Gasteiger partial charge in [-0.2, -0.15) is 0 Å². The lowest BCUT2D eigenvalue weighted by atomic mass is 9.99. The smallest absolute Gasteiger partial charge is 0.250 e. The first-order valence-electron chi connectivity index (χ1n) is 6.14. The average Bonchev–Trinajstić information content (AvgIpc) is 2.80. The Hall–Kier alpha value is -2.55. The first-order chi connectivity index (χ1) is 9.16. The quantitative estimate of drug-likeness (QED) is 0.720. The van der Waals surface area contributed by atoms with E-state index in [4.69, 9.17) is 5.73 Å². The Bertz CT molecular complexity index is 757. The van der Waals surface area contributed by atoms with Gasteiger partial charge in [0.25, 0.3) is 5.91 Å². The van der Waals surface area contributed by atoms with Crippen molar-refractivity contribution in [3.8, 4) is 11.1 Å². The molecule has 0 spiro atoms. The highest BCUT2D eigenvalue weighted by Crippen LogP contribution is 2.28. The summed E-state index contributed by atoms with van der Waals surface area (Å²) >= 11 is 0. The monoisotopic (exact) mass is 250 g/mol. The molecule has 0 unspecified atom stereocenters. The highest BCUT2D eigenvalue weighted by atomic mass is 16.1. The van der Waals surface area contributed by atoms with Gasteiger partial charge in [0.15, 0.2) is 0 Å². The predicted molar refractivity (Wildman–Crippen MR) is 77.0 cm³/mol. The SMILES string of the molecule is Cc1c[nH]c2c(C(N)=O)cc(-c3ccccc3)cc12. The molecule has 0 radical (unpaired) electrons. The molecule has 0 bridgehead atoms. The third-order valence-electron chi connectivity index (χ3n) is 3.37. The summed E-state index contributed by atoms with van der Waals surface area (Å²) < 4.78 is 0. The average molecular weight is 250 g/mol. The van der Waals surface area contributed by atoms with E-state index in [1.54, 1.807) is 0 Å². The summed E-state index contributed by atoms with van der Waals surface area (Å²) in [4.78, 5) is 14.7. The van der Waals surface area contributed by atoms with Crippen LogP contribution >= 0.6 is 0 Å². The van der Waals surface area contributed by atoms with Gasteiger partial charge in [0.2, 0.25) is 0 Å². The zero-order valence-corrected chi connectivity index (χ0v) is 10.6. The van der Waals surface area contributed by atoms with Crippen LogP contribution in [0.15, 0.2) is 48.7 Å². The van der Waals surface area contributed by atoms with Gasteiger partial charge >= 0.3 is 0 Å². The van der Waals surface area contributed by atoms with Crippen molar-refractivity contribution in [1.82, 2.24) is 4.98 Å². The van der Waals surface area contributed by atoms with E-state index >= 15 is 0 Å². The van der Waals surface area contributed by atoms with Crippen molar-refractivity contribution in [2.75, 3.05) is 0 Å². The summed E-state index contributed by atoms with van der Waals surface area (Å²) in [5, 5.41) is 1.04. The van der Waals surface area contributed by atoms with Gasteiger partial charge in [-0.05, 0) is 35.7 Å². The van der Waals surface area contributed by atoms with Crippen LogP contribution in [0.1, 0.15) is 15.9 Å². The molecule has 0 saturated heterocycles. The lowest BCUT2D eigenvalue weighted by Gasteiger charge is -2.06. The maximum absolute atomic E-state index is 11.6. The molecule has 19 heavy (non-hydrogen) atoms. The largest absolute Gasteiger partial charge is 0.366 e. The number of carbonyl (C=O) groups is 1. The van der Waals surface area contributed by atoms with Crippen LogP contribution in [0, 0.1) is 6.92 Å². The number of amides is 1. The van der Waals surface area contributed by atoms with Gasteiger partial charge in [0.1, 0.15) is 0 Å². The Morgan fingerprint density at radius 1 is 1.11 bits per heavy atom. The molecule has 94 valence electrons. The minimum atomic E-state index is -0.412. The molecule has 0 saturated carbocycles. The molecule has 1 amide bonds. The number of benzene rings is 2. The molecule has 3 rings (SSSR count). The fourth-order valence-corrected chi connectivity index (χ4v) is 2.36. The summed E-state index contributed by atoms with van der Waals surface area (Å²) in [5.41, 5.74) is 10.0. The Morgan fingerprint density at radius 2 is 1.84 bits per heavy atom. The van der Waals surface area contributed by atoms with Crippen LogP contribution < -0.4 is 5.73 Å². The summed E-state index contributed by atoms with van der Waals surface area (Å²) in [7, 11) is 0. The van der Waals surface area contributed by atoms with Crippen LogP contribution in [0.2, 0.25) is 0 Å². The fourth-order valence-electron chi connectivity index (χ4n) is 2.36.